The quantitative estimate of drug-likeness (QED) is 0.909. The number of halogens is 1. The highest BCUT2D eigenvalue weighted by Crippen LogP contribution is 2.20. The molecule has 1 aromatic heterocycles. The van der Waals surface area contributed by atoms with E-state index in [-0.39, 0.29) is 6.03 Å². The number of carbonyl (C=O) groups excluding carboxylic acids is 1. The van der Waals surface area contributed by atoms with Crippen LogP contribution in [0.4, 0.5) is 16.4 Å². The Kier molecular flexibility index (Phi) is 5.16. The largest absolute Gasteiger partial charge is 0.347 e. The molecule has 2 rings (SSSR count). The van der Waals surface area contributed by atoms with Crippen molar-refractivity contribution in [3.05, 3.63) is 46.7 Å². The van der Waals surface area contributed by atoms with E-state index in [0.717, 1.165) is 11.4 Å². The number of urea groups is 1. The highest BCUT2D eigenvalue weighted by atomic mass is 35.5. The highest BCUT2D eigenvalue weighted by molar-refractivity contribution is 6.33. The second-order valence-corrected chi connectivity index (χ2v) is 5.39. The van der Waals surface area contributed by atoms with Crippen LogP contribution in [0.5, 0.6) is 0 Å². The van der Waals surface area contributed by atoms with Crippen molar-refractivity contribution in [1.29, 1.82) is 0 Å². The summed E-state index contributed by atoms with van der Waals surface area (Å²) >= 11 is 5.99. The molecule has 0 aliphatic heterocycles. The lowest BCUT2D eigenvalue weighted by molar-refractivity contribution is 0.251. The van der Waals surface area contributed by atoms with E-state index in [1.54, 1.807) is 24.3 Å². The summed E-state index contributed by atoms with van der Waals surface area (Å²) in [6.07, 6.45) is 0. The molecule has 2 aromatic rings. The van der Waals surface area contributed by atoms with Gasteiger partial charge in [-0.15, -0.1) is 0 Å². The smallest absolute Gasteiger partial charge is 0.319 e. The molecule has 1 heterocycles. The number of anilines is 2. The summed E-state index contributed by atoms with van der Waals surface area (Å²) in [4.78, 5) is 22.4. The molecular weight excluding hydrogens is 302 g/mol. The Morgan fingerprint density at radius 1 is 1.27 bits per heavy atom. The predicted molar refractivity (Wildman–Crippen MR) is 88.4 cm³/mol. The van der Waals surface area contributed by atoms with Crippen LogP contribution in [-0.4, -0.2) is 30.1 Å². The monoisotopic (exact) mass is 319 g/mol. The summed E-state index contributed by atoms with van der Waals surface area (Å²) < 4.78 is 0. The third-order valence-corrected chi connectivity index (χ3v) is 3.18. The predicted octanol–water partition coefficient (Wildman–Crippen LogP) is 2.83. The molecule has 0 radical (unpaired) electrons. The highest BCUT2D eigenvalue weighted by Gasteiger charge is 2.07. The Hall–Kier alpha value is -2.34. The molecule has 1 aromatic carbocycles. The minimum Gasteiger partial charge on any atom is -0.347 e. The lowest BCUT2D eigenvalue weighted by Gasteiger charge is -2.13. The number of carbonyl (C=O) groups is 1. The number of hydrogen-bond donors (Lipinski definition) is 2. The van der Waals surface area contributed by atoms with E-state index >= 15 is 0 Å². The van der Waals surface area contributed by atoms with Gasteiger partial charge in [-0.1, -0.05) is 23.7 Å². The summed E-state index contributed by atoms with van der Waals surface area (Å²) in [5.74, 6) is 0.614. The molecule has 0 saturated carbocycles. The van der Waals surface area contributed by atoms with E-state index < -0.39 is 0 Å². The molecular formula is C15H18ClN5O. The molecule has 22 heavy (non-hydrogen) atoms. The van der Waals surface area contributed by atoms with Gasteiger partial charge in [0.15, 0.2) is 0 Å². The SMILES string of the molecule is Cc1cc(CNC(=O)Nc2ccccc2Cl)nc(N(C)C)n1. The molecule has 0 unspecified atom stereocenters. The van der Waals surface area contributed by atoms with Gasteiger partial charge in [0, 0.05) is 19.8 Å². The molecule has 116 valence electrons. The van der Waals surface area contributed by atoms with Crippen LogP contribution in [-0.2, 0) is 6.54 Å². The van der Waals surface area contributed by atoms with Crippen molar-refractivity contribution in [2.45, 2.75) is 13.5 Å². The summed E-state index contributed by atoms with van der Waals surface area (Å²) in [7, 11) is 3.74. The van der Waals surface area contributed by atoms with Gasteiger partial charge in [-0.2, -0.15) is 0 Å². The van der Waals surface area contributed by atoms with Gasteiger partial charge in [0.2, 0.25) is 5.95 Å². The molecule has 7 heteroatoms. The van der Waals surface area contributed by atoms with Crippen molar-refractivity contribution < 1.29 is 4.79 Å². The zero-order valence-electron chi connectivity index (χ0n) is 12.7. The number of amides is 2. The molecule has 0 fully saturated rings. The zero-order chi connectivity index (χ0) is 16.1. The second kappa shape index (κ2) is 7.09. The van der Waals surface area contributed by atoms with Crippen molar-refractivity contribution in [1.82, 2.24) is 15.3 Å². The van der Waals surface area contributed by atoms with Gasteiger partial charge in [-0.05, 0) is 25.1 Å². The van der Waals surface area contributed by atoms with Crippen LogP contribution in [0, 0.1) is 6.92 Å². The van der Waals surface area contributed by atoms with Crippen molar-refractivity contribution in [3.8, 4) is 0 Å². The Morgan fingerprint density at radius 3 is 2.68 bits per heavy atom. The number of para-hydroxylation sites is 1. The fourth-order valence-corrected chi connectivity index (χ4v) is 1.99. The Balaban J connectivity index is 1.98. The van der Waals surface area contributed by atoms with E-state index in [9.17, 15) is 4.79 Å². The van der Waals surface area contributed by atoms with E-state index in [1.807, 2.05) is 32.0 Å². The Bertz CT molecular complexity index is 675. The maximum Gasteiger partial charge on any atom is 0.319 e. The number of benzene rings is 1. The van der Waals surface area contributed by atoms with Crippen LogP contribution in [0.15, 0.2) is 30.3 Å². The lowest BCUT2D eigenvalue weighted by Crippen LogP contribution is -2.29. The fourth-order valence-electron chi connectivity index (χ4n) is 1.81. The number of hydrogen-bond acceptors (Lipinski definition) is 4. The normalized spacial score (nSPS) is 10.2. The van der Waals surface area contributed by atoms with Crippen LogP contribution < -0.4 is 15.5 Å². The molecule has 0 bridgehead atoms. The van der Waals surface area contributed by atoms with Crippen LogP contribution in [0.1, 0.15) is 11.4 Å². The van der Waals surface area contributed by atoms with Crippen molar-refractivity contribution in [2.24, 2.45) is 0 Å². The van der Waals surface area contributed by atoms with Crippen LogP contribution in [0.3, 0.4) is 0 Å². The first-order valence-corrected chi connectivity index (χ1v) is 7.15. The molecule has 6 nitrogen and oxygen atoms in total. The van der Waals surface area contributed by atoms with Crippen molar-refractivity contribution >= 4 is 29.3 Å². The van der Waals surface area contributed by atoms with Gasteiger partial charge in [-0.25, -0.2) is 14.8 Å². The van der Waals surface area contributed by atoms with Gasteiger partial charge in [0.1, 0.15) is 0 Å². The minimum absolute atomic E-state index is 0.306. The van der Waals surface area contributed by atoms with Crippen molar-refractivity contribution in [3.63, 3.8) is 0 Å². The van der Waals surface area contributed by atoms with Crippen LogP contribution >= 0.6 is 11.6 Å². The summed E-state index contributed by atoms with van der Waals surface area (Å²) in [5.41, 5.74) is 2.15. The van der Waals surface area contributed by atoms with E-state index in [4.69, 9.17) is 11.6 Å². The van der Waals surface area contributed by atoms with Gasteiger partial charge in [0.25, 0.3) is 0 Å². The first-order chi connectivity index (χ1) is 10.5. The molecule has 2 N–H and O–H groups in total. The molecule has 0 spiro atoms. The molecule has 0 aliphatic carbocycles. The topological polar surface area (TPSA) is 70.2 Å². The van der Waals surface area contributed by atoms with Crippen molar-refractivity contribution in [2.75, 3.05) is 24.3 Å². The van der Waals surface area contributed by atoms with Gasteiger partial charge < -0.3 is 15.5 Å². The number of rotatable bonds is 4. The standard InChI is InChI=1S/C15H18ClN5O/c1-10-8-11(19-14(18-10)21(2)3)9-17-15(22)20-13-7-5-4-6-12(13)16/h4-8H,9H2,1-3H3,(H2,17,20,22). The number of aromatic nitrogens is 2. The van der Waals surface area contributed by atoms with Gasteiger partial charge in [-0.3, -0.25) is 0 Å². The van der Waals surface area contributed by atoms with Crippen LogP contribution in [0.25, 0.3) is 0 Å². The van der Waals surface area contributed by atoms with E-state index in [1.165, 1.54) is 0 Å². The first-order valence-electron chi connectivity index (χ1n) is 6.77. The molecule has 0 saturated heterocycles. The maximum atomic E-state index is 11.9. The average molecular weight is 320 g/mol. The third-order valence-electron chi connectivity index (χ3n) is 2.85. The Morgan fingerprint density at radius 2 is 2.00 bits per heavy atom. The second-order valence-electron chi connectivity index (χ2n) is 4.98. The molecule has 0 aliphatic rings. The number of nitrogens with one attached hydrogen (secondary N) is 2. The molecule has 2 amide bonds. The molecule has 0 atom stereocenters. The fraction of sp³-hybridized carbons (Fsp3) is 0.267. The van der Waals surface area contributed by atoms with Crippen LogP contribution in [0.2, 0.25) is 5.02 Å². The summed E-state index contributed by atoms with van der Waals surface area (Å²) in [6, 6.07) is 8.56. The van der Waals surface area contributed by atoms with Gasteiger partial charge >= 0.3 is 6.03 Å². The third kappa shape index (κ3) is 4.33. The van der Waals surface area contributed by atoms with E-state index in [2.05, 4.69) is 20.6 Å². The number of nitrogens with zero attached hydrogens (tertiary/aromatic N) is 3. The average Bonchev–Trinajstić information content (AvgIpc) is 2.47. The Labute approximate surface area is 134 Å². The minimum atomic E-state index is -0.337. The summed E-state index contributed by atoms with van der Waals surface area (Å²) in [6.45, 7) is 2.20. The maximum absolute atomic E-state index is 11.9. The lowest BCUT2D eigenvalue weighted by atomic mass is 10.3. The summed E-state index contributed by atoms with van der Waals surface area (Å²) in [5, 5.41) is 5.94. The zero-order valence-corrected chi connectivity index (χ0v) is 13.5. The van der Waals surface area contributed by atoms with Gasteiger partial charge in [0.05, 0.1) is 22.9 Å². The first kappa shape index (κ1) is 16.0. The number of aryl methyl sites for hydroxylation is 1. The van der Waals surface area contributed by atoms with E-state index in [0.29, 0.717) is 23.2 Å².